The fourth-order valence-electron chi connectivity index (χ4n) is 31.4. The number of benzene rings is 21. The second-order valence-electron chi connectivity index (χ2n) is 45.8. The molecular weight excluding hydrogens is 1650 g/mol. The summed E-state index contributed by atoms with van der Waals surface area (Å²) in [5.41, 5.74) is 68.1. The monoisotopic (exact) mass is 1750 g/mol. The molecule has 0 N–H and O–H groups in total. The van der Waals surface area contributed by atoms with Crippen LogP contribution in [0, 0.1) is 20.8 Å². The van der Waals surface area contributed by atoms with Crippen LogP contribution in [0.1, 0.15) is 167 Å². The summed E-state index contributed by atoms with van der Waals surface area (Å²) in [7, 11) is 0. The molecule has 6 heterocycles. The largest absolute Gasteiger partial charge is 0.244 e. The normalized spacial score (nSPS) is 16.2. The van der Waals surface area contributed by atoms with Crippen molar-refractivity contribution in [1.29, 1.82) is 0 Å². The number of fused-ring (bicyclic) bond motifs is 36. The van der Waals surface area contributed by atoms with Crippen LogP contribution < -0.4 is 49.2 Å². The second kappa shape index (κ2) is 25.8. The Morgan fingerprint density at radius 1 is 0.152 bits per heavy atom. The first-order chi connectivity index (χ1) is 66.8. The van der Waals surface area contributed by atoms with Crippen molar-refractivity contribution in [2.75, 3.05) is 0 Å². The summed E-state index contributed by atoms with van der Waals surface area (Å²) in [6, 6.07) is 128. The second-order valence-corrected chi connectivity index (χ2v) is 45.8. The van der Waals surface area contributed by atoms with E-state index in [1.54, 1.807) is 0 Å². The van der Waals surface area contributed by atoms with E-state index in [4.69, 9.17) is 0 Å². The molecule has 0 atom stereocenters. The Labute approximate surface area is 808 Å². The third kappa shape index (κ3) is 9.28. The van der Waals surface area contributed by atoms with Crippen LogP contribution in [0.2, 0.25) is 0 Å². The Balaban J connectivity index is 0.0000000959. The van der Waals surface area contributed by atoms with E-state index in [1.165, 1.54) is 331 Å². The lowest BCUT2D eigenvalue weighted by molar-refractivity contribution is 0.661. The molecule has 12 aliphatic rings. The standard InChI is InChI=1S/3C45H33B/c1-24-20-33-27-14-10-16-29-39(27)37(22-31-25-12-6-8-18-35(25)44(2,3)41(29)31)46-38-23-32-26-13-7-9-19-36(26)45(4,5)42(32)30-17-11-15-28(40(30)38)34(21-24)43(33)46;1-24-20-33-29-22-31-25-12-6-8-16-35(25)44(2,3)41(31)27-14-10-18-37(39(27)29)46-38-19-11-15-28-40(38)30(34(21-24)43(33)46)23-32-26-13-7-9-17-36(26)45(4,5)42(28)32;1-24-20-31-29-22-35-39(25-12-6-8-16-33(25)44(35,2)3)27-14-10-18-37(41(27)29)46-38-19-11-15-28-40-26-13-7-9-17-34(26)45(4,5)36(40)23-30(42(28)38)32(21-24)43(31)46/h3*6-23H,1-5H3. The number of rotatable bonds is 0. The summed E-state index contributed by atoms with van der Waals surface area (Å²) in [6.45, 7) is 36.4. The average Bonchev–Trinajstić information content (AvgIpc) is 1.43. The van der Waals surface area contributed by atoms with Gasteiger partial charge in [0.25, 0.3) is 0 Å². The van der Waals surface area contributed by atoms with Crippen LogP contribution in [0.4, 0.5) is 0 Å². The smallest absolute Gasteiger partial charge is 0.0663 e. The molecule has 0 saturated carbocycles. The van der Waals surface area contributed by atoms with Crippen LogP contribution in [0.25, 0.3) is 198 Å². The minimum absolute atomic E-state index is 0.0489. The van der Waals surface area contributed by atoms with Gasteiger partial charge in [-0.3, -0.25) is 0 Å². The van der Waals surface area contributed by atoms with E-state index in [-0.39, 0.29) is 52.6 Å². The van der Waals surface area contributed by atoms with Crippen molar-refractivity contribution in [1.82, 2.24) is 0 Å². The van der Waals surface area contributed by atoms with Crippen LogP contribution >= 0.6 is 0 Å². The molecule has 21 aromatic carbocycles. The zero-order valence-corrected chi connectivity index (χ0v) is 80.9. The highest BCUT2D eigenvalue weighted by Gasteiger charge is 2.52. The van der Waals surface area contributed by atoms with Crippen molar-refractivity contribution in [3.63, 3.8) is 0 Å². The Kier molecular flexibility index (Phi) is 14.7. The molecule has 6 aliphatic heterocycles. The lowest BCUT2D eigenvalue weighted by Gasteiger charge is -2.36. The van der Waals surface area contributed by atoms with Gasteiger partial charge in [-0.15, -0.1) is 0 Å². The van der Waals surface area contributed by atoms with Crippen molar-refractivity contribution in [2.45, 2.75) is 136 Å². The Morgan fingerprint density at radius 3 is 0.674 bits per heavy atom. The number of hydrogen-bond donors (Lipinski definition) is 0. The van der Waals surface area contributed by atoms with Crippen molar-refractivity contribution in [2.24, 2.45) is 0 Å². The molecule has 0 spiro atoms. The van der Waals surface area contributed by atoms with Gasteiger partial charge in [0.1, 0.15) is 0 Å². The third-order valence-corrected chi connectivity index (χ3v) is 36.8. The molecule has 0 radical (unpaired) electrons. The van der Waals surface area contributed by atoms with Crippen LogP contribution in [-0.4, -0.2) is 20.1 Å². The molecule has 0 nitrogen and oxygen atoms in total. The minimum atomic E-state index is -0.0591. The van der Waals surface area contributed by atoms with E-state index in [0.717, 1.165) is 0 Å². The van der Waals surface area contributed by atoms with Gasteiger partial charge in [-0.05, 0) is 327 Å². The van der Waals surface area contributed by atoms with Crippen LogP contribution in [0.3, 0.4) is 0 Å². The summed E-state index contributed by atoms with van der Waals surface area (Å²) in [5.74, 6) is 0. The van der Waals surface area contributed by atoms with Gasteiger partial charge >= 0.3 is 0 Å². The first-order valence-electron chi connectivity index (χ1n) is 50.5. The molecule has 648 valence electrons. The zero-order chi connectivity index (χ0) is 92.6. The fraction of sp³-hybridized carbons (Fsp3) is 0.156. The van der Waals surface area contributed by atoms with Gasteiger partial charge in [0.15, 0.2) is 0 Å². The van der Waals surface area contributed by atoms with Crippen LogP contribution in [-0.2, 0) is 32.5 Å². The van der Waals surface area contributed by atoms with E-state index >= 15 is 0 Å². The number of hydrogen-bond acceptors (Lipinski definition) is 0. The Hall–Kier alpha value is -14.6. The van der Waals surface area contributed by atoms with E-state index in [0.29, 0.717) is 0 Å². The summed E-state index contributed by atoms with van der Waals surface area (Å²) >= 11 is 0. The van der Waals surface area contributed by atoms with E-state index in [1.807, 2.05) is 0 Å². The quantitative estimate of drug-likeness (QED) is 0.133. The maximum absolute atomic E-state index is 2.61. The van der Waals surface area contributed by atoms with Crippen LogP contribution in [0.15, 0.2) is 328 Å². The van der Waals surface area contributed by atoms with Gasteiger partial charge in [-0.25, -0.2) is 0 Å². The molecule has 0 saturated heterocycles. The molecule has 0 fully saturated rings. The fourth-order valence-corrected chi connectivity index (χ4v) is 31.4. The lowest BCUT2D eigenvalue weighted by atomic mass is 9.30. The molecule has 33 rings (SSSR count). The maximum atomic E-state index is 2.61. The van der Waals surface area contributed by atoms with Gasteiger partial charge < -0.3 is 0 Å². The third-order valence-electron chi connectivity index (χ3n) is 36.8. The molecular formula is C135H99B3. The first-order valence-corrected chi connectivity index (χ1v) is 50.5. The summed E-state index contributed by atoms with van der Waals surface area (Å²) in [5, 5.41) is 17.2. The highest BCUT2D eigenvalue weighted by atomic mass is 14.5. The summed E-state index contributed by atoms with van der Waals surface area (Å²) in [4.78, 5) is 0. The van der Waals surface area contributed by atoms with Gasteiger partial charge in [-0.1, -0.05) is 436 Å². The van der Waals surface area contributed by atoms with Crippen molar-refractivity contribution >= 4 is 134 Å². The van der Waals surface area contributed by atoms with E-state index < -0.39 is 0 Å². The maximum Gasteiger partial charge on any atom is 0.244 e. The van der Waals surface area contributed by atoms with Gasteiger partial charge in [0.05, 0.1) is 0 Å². The number of aryl methyl sites for hydroxylation is 3. The molecule has 0 unspecified atom stereocenters. The van der Waals surface area contributed by atoms with E-state index in [2.05, 4.69) is 431 Å². The minimum Gasteiger partial charge on any atom is -0.0663 e. The highest BCUT2D eigenvalue weighted by Crippen LogP contribution is 2.63. The predicted molar refractivity (Wildman–Crippen MR) is 591 cm³/mol. The topological polar surface area (TPSA) is 0 Å². The molecule has 0 aromatic heterocycles. The molecule has 0 bridgehead atoms. The SMILES string of the molecule is Cc1cc2c3c(c1)-c1cc4c(c5cccc(c15)B3c1cccc3c5c(cc-2c13)-c1ccccc1C5(C)C)C(C)(C)c1ccccc1-4.Cc1cc2c3c(c1)-c1cc4c(c5cccc(c15)B3c1cccc3c5c(cc-2c13)C(C)(C)c1ccccc1-5)-c1ccccc1C4(C)C.Cc1cc2c3c(c1)-c1cccc4c5c(cc(c14)B3c1cc3c(c4cccc-2c14)C(C)(C)c1ccccc1-3)-c1ccccc1C5(C)C. The van der Waals surface area contributed by atoms with E-state index in [9.17, 15) is 0 Å². The molecule has 3 heteroatoms. The van der Waals surface area contributed by atoms with Crippen molar-refractivity contribution < 1.29 is 0 Å². The molecule has 6 aliphatic carbocycles. The molecule has 138 heavy (non-hydrogen) atoms. The lowest BCUT2D eigenvalue weighted by Crippen LogP contribution is -2.57. The van der Waals surface area contributed by atoms with Crippen molar-refractivity contribution in [3.05, 3.63) is 411 Å². The van der Waals surface area contributed by atoms with Gasteiger partial charge in [0, 0.05) is 32.5 Å². The summed E-state index contributed by atoms with van der Waals surface area (Å²) < 4.78 is 0. The Bertz CT molecular complexity index is 8980. The molecule has 0 amide bonds. The Morgan fingerprint density at radius 2 is 0.370 bits per heavy atom. The average molecular weight is 1750 g/mol. The van der Waals surface area contributed by atoms with Gasteiger partial charge in [-0.2, -0.15) is 0 Å². The summed E-state index contributed by atoms with van der Waals surface area (Å²) in [6.07, 6.45) is 0. The molecule has 21 aromatic rings. The first kappa shape index (κ1) is 78.5. The predicted octanol–water partition coefficient (Wildman–Crippen LogP) is 28.2. The van der Waals surface area contributed by atoms with Gasteiger partial charge in [0.2, 0.25) is 20.1 Å². The highest BCUT2D eigenvalue weighted by molar-refractivity contribution is 7.03. The van der Waals surface area contributed by atoms with Crippen molar-refractivity contribution in [3.8, 4) is 134 Å². The van der Waals surface area contributed by atoms with Crippen LogP contribution in [0.5, 0.6) is 0 Å². The zero-order valence-electron chi connectivity index (χ0n) is 80.9.